The zero-order chi connectivity index (χ0) is 31.9. The fourth-order valence-corrected chi connectivity index (χ4v) is 7.78. The summed E-state index contributed by atoms with van der Waals surface area (Å²) < 4.78 is 34.7. The fourth-order valence-electron chi connectivity index (χ4n) is 6.21. The number of rotatable bonds is 9. The Hall–Kier alpha value is -3.30. The van der Waals surface area contributed by atoms with E-state index in [2.05, 4.69) is 65.9 Å². The molecule has 0 bridgehead atoms. The summed E-state index contributed by atoms with van der Waals surface area (Å²) in [5.41, 5.74) is 7.99. The molecule has 45 heavy (non-hydrogen) atoms. The van der Waals surface area contributed by atoms with Gasteiger partial charge in [-0.05, 0) is 79.9 Å². The van der Waals surface area contributed by atoms with E-state index in [0.29, 0.717) is 50.7 Å². The van der Waals surface area contributed by atoms with Gasteiger partial charge in [0.2, 0.25) is 15.9 Å². The number of carbonyl (C=O) groups is 1. The molecule has 2 aliphatic heterocycles. The Morgan fingerprint density at radius 1 is 1.16 bits per heavy atom. The molecular weight excluding hydrogens is 660 g/mol. The lowest BCUT2D eigenvalue weighted by Gasteiger charge is -2.25. The van der Waals surface area contributed by atoms with Crippen molar-refractivity contribution in [3.05, 3.63) is 51.9 Å². The van der Waals surface area contributed by atoms with Gasteiger partial charge >= 0.3 is 0 Å². The number of nitrogens with zero attached hydrogens (tertiary/aromatic N) is 5. The number of aromatic nitrogens is 4. The van der Waals surface area contributed by atoms with Crippen molar-refractivity contribution in [2.45, 2.75) is 40.2 Å². The second kappa shape index (κ2) is 12.8. The second-order valence-corrected chi connectivity index (χ2v) is 14.8. The molecule has 3 N–H and O–H groups in total. The largest absolute Gasteiger partial charge is 0.379 e. The molecule has 2 fully saturated rings. The number of aryl methyl sites for hydroxylation is 2. The van der Waals surface area contributed by atoms with Crippen LogP contribution in [0, 0.1) is 20.8 Å². The van der Waals surface area contributed by atoms with Gasteiger partial charge < -0.3 is 24.9 Å². The second-order valence-electron chi connectivity index (χ2n) is 11.7. The van der Waals surface area contributed by atoms with Crippen molar-refractivity contribution in [2.24, 2.45) is 0 Å². The standard InChI is InChI=1S/C31H39BrN8O4S/c1-5-45(42,43)39-9-8-23(17-39)35-28-25(32)16-33-31-29(28)36-30(37-31)24-15-20(3)40(21(24)4)26-7-6-22(14-19(26)2)34-27(41)18-38-10-12-44-13-11-38/h6-7,14-16,23H,5,8-13,17-18H2,1-4H3,(H,34,41)(H2,33,35,36,37). The van der Waals surface area contributed by atoms with Crippen LogP contribution < -0.4 is 10.6 Å². The van der Waals surface area contributed by atoms with E-state index in [1.807, 2.05) is 25.1 Å². The number of anilines is 2. The lowest BCUT2D eigenvalue weighted by atomic mass is 10.1. The van der Waals surface area contributed by atoms with Crippen molar-refractivity contribution < 1.29 is 17.9 Å². The fraction of sp³-hybridized carbons (Fsp3) is 0.452. The molecule has 2 saturated heterocycles. The number of halogens is 1. The number of benzene rings is 1. The first-order chi connectivity index (χ1) is 21.5. The number of carbonyl (C=O) groups excluding carboxylic acids is 1. The lowest BCUT2D eigenvalue weighted by Crippen LogP contribution is -2.41. The van der Waals surface area contributed by atoms with Crippen molar-refractivity contribution in [1.29, 1.82) is 0 Å². The molecule has 12 nitrogen and oxygen atoms in total. The molecule has 1 amide bonds. The van der Waals surface area contributed by atoms with Crippen molar-refractivity contribution in [2.75, 3.05) is 62.3 Å². The van der Waals surface area contributed by atoms with Crippen LogP contribution in [0.4, 0.5) is 11.4 Å². The molecule has 0 aliphatic carbocycles. The highest BCUT2D eigenvalue weighted by Gasteiger charge is 2.31. The first-order valence-corrected chi connectivity index (χ1v) is 17.6. The van der Waals surface area contributed by atoms with Gasteiger partial charge in [0.25, 0.3) is 0 Å². The van der Waals surface area contributed by atoms with E-state index < -0.39 is 10.0 Å². The monoisotopic (exact) mass is 698 g/mol. The highest BCUT2D eigenvalue weighted by molar-refractivity contribution is 9.10. The molecule has 1 atom stereocenters. The minimum atomic E-state index is -3.23. The Morgan fingerprint density at radius 3 is 2.67 bits per heavy atom. The summed E-state index contributed by atoms with van der Waals surface area (Å²) >= 11 is 3.63. The van der Waals surface area contributed by atoms with E-state index in [1.54, 1.807) is 17.4 Å². The topological polar surface area (TPSA) is 137 Å². The maximum atomic E-state index is 12.6. The zero-order valence-electron chi connectivity index (χ0n) is 26.0. The maximum Gasteiger partial charge on any atom is 0.238 e. The molecule has 1 aromatic carbocycles. The number of sulfonamides is 1. The Labute approximate surface area is 271 Å². The molecule has 6 rings (SSSR count). The number of ether oxygens (including phenoxy) is 1. The summed E-state index contributed by atoms with van der Waals surface area (Å²) in [6.07, 6.45) is 2.44. The van der Waals surface area contributed by atoms with E-state index >= 15 is 0 Å². The van der Waals surface area contributed by atoms with Crippen LogP contribution >= 0.6 is 15.9 Å². The molecule has 2 aliphatic rings. The number of aromatic amines is 1. The van der Waals surface area contributed by atoms with E-state index in [-0.39, 0.29) is 17.7 Å². The molecule has 1 unspecified atom stereocenters. The predicted molar refractivity (Wildman–Crippen MR) is 180 cm³/mol. The minimum absolute atomic E-state index is 0.0277. The third kappa shape index (κ3) is 6.52. The van der Waals surface area contributed by atoms with Crippen molar-refractivity contribution in [1.82, 2.24) is 28.7 Å². The third-order valence-corrected chi connectivity index (χ3v) is 11.1. The minimum Gasteiger partial charge on any atom is -0.379 e. The summed E-state index contributed by atoms with van der Waals surface area (Å²) in [5.74, 6) is 0.764. The molecule has 4 aromatic rings. The number of H-pyrrole nitrogens is 1. The molecule has 0 radical (unpaired) electrons. The Morgan fingerprint density at radius 2 is 1.93 bits per heavy atom. The first kappa shape index (κ1) is 31.7. The van der Waals surface area contributed by atoms with Crippen LogP contribution in [0.1, 0.15) is 30.3 Å². The maximum absolute atomic E-state index is 12.6. The number of imidazole rings is 1. The summed E-state index contributed by atoms with van der Waals surface area (Å²) in [7, 11) is -3.23. The van der Waals surface area contributed by atoms with Crippen molar-refractivity contribution in [3.63, 3.8) is 0 Å². The normalized spacial score (nSPS) is 18.1. The molecule has 240 valence electrons. The van der Waals surface area contributed by atoms with Gasteiger partial charge in [-0.3, -0.25) is 9.69 Å². The van der Waals surface area contributed by atoms with Crippen LogP contribution in [0.25, 0.3) is 28.2 Å². The van der Waals surface area contributed by atoms with Crippen molar-refractivity contribution >= 4 is 54.4 Å². The van der Waals surface area contributed by atoms with Gasteiger partial charge in [0.05, 0.1) is 35.7 Å². The van der Waals surface area contributed by atoms with Gasteiger partial charge in [0.15, 0.2) is 5.65 Å². The average molecular weight is 700 g/mol. The summed E-state index contributed by atoms with van der Waals surface area (Å²) in [6.45, 7) is 12.0. The summed E-state index contributed by atoms with van der Waals surface area (Å²) in [5, 5.41) is 6.58. The van der Waals surface area contributed by atoms with Gasteiger partial charge in [-0.15, -0.1) is 0 Å². The number of fused-ring (bicyclic) bond motifs is 1. The van der Waals surface area contributed by atoms with Crippen LogP contribution in [-0.2, 0) is 19.6 Å². The summed E-state index contributed by atoms with van der Waals surface area (Å²) in [6, 6.07) is 8.06. The van der Waals surface area contributed by atoms with Gasteiger partial charge in [-0.25, -0.2) is 18.4 Å². The van der Waals surface area contributed by atoms with E-state index in [9.17, 15) is 13.2 Å². The number of amides is 1. The highest BCUT2D eigenvalue weighted by atomic mass is 79.9. The Balaban J connectivity index is 1.23. The van der Waals surface area contributed by atoms with Gasteiger partial charge in [0.1, 0.15) is 11.3 Å². The number of pyridine rings is 1. The van der Waals surface area contributed by atoms with Gasteiger partial charge in [0, 0.05) is 66.7 Å². The zero-order valence-corrected chi connectivity index (χ0v) is 28.4. The molecule has 0 saturated carbocycles. The molecule has 14 heteroatoms. The number of hydrogen-bond donors (Lipinski definition) is 3. The molecular formula is C31H39BrN8O4S. The summed E-state index contributed by atoms with van der Waals surface area (Å²) in [4.78, 5) is 27.6. The van der Waals surface area contributed by atoms with Crippen LogP contribution in [0.2, 0.25) is 0 Å². The predicted octanol–water partition coefficient (Wildman–Crippen LogP) is 4.21. The van der Waals surface area contributed by atoms with Gasteiger partial charge in [-0.1, -0.05) is 0 Å². The SMILES string of the molecule is CCS(=O)(=O)N1CCC(Nc2c(Br)cnc3nc(-c4cc(C)n(-c5ccc(NC(=O)CN6CCOCC6)cc5C)c4C)[nH]c23)C1. The Kier molecular flexibility index (Phi) is 9.03. The number of morpholine rings is 1. The average Bonchev–Trinajstić information content (AvgIpc) is 3.73. The van der Waals surface area contributed by atoms with Crippen LogP contribution in [0.5, 0.6) is 0 Å². The molecule has 5 heterocycles. The van der Waals surface area contributed by atoms with Crippen LogP contribution in [0.15, 0.2) is 34.9 Å². The smallest absolute Gasteiger partial charge is 0.238 e. The van der Waals surface area contributed by atoms with E-state index in [0.717, 1.165) is 62.7 Å². The quantitative estimate of drug-likeness (QED) is 0.237. The third-order valence-electron chi connectivity index (χ3n) is 8.61. The number of hydrogen-bond acceptors (Lipinski definition) is 8. The highest BCUT2D eigenvalue weighted by Crippen LogP contribution is 2.35. The van der Waals surface area contributed by atoms with E-state index in [4.69, 9.17) is 9.72 Å². The van der Waals surface area contributed by atoms with Crippen molar-refractivity contribution in [3.8, 4) is 17.1 Å². The lowest BCUT2D eigenvalue weighted by molar-refractivity contribution is -0.118. The van der Waals surface area contributed by atoms with Crippen LogP contribution in [-0.4, -0.2) is 101 Å². The molecule has 3 aromatic heterocycles. The number of nitrogens with one attached hydrogen (secondary N) is 3. The first-order valence-electron chi connectivity index (χ1n) is 15.2. The van der Waals surface area contributed by atoms with Crippen LogP contribution in [0.3, 0.4) is 0 Å². The van der Waals surface area contributed by atoms with Gasteiger partial charge in [-0.2, -0.15) is 4.31 Å². The molecule has 0 spiro atoms. The Bertz CT molecular complexity index is 1850. The van der Waals surface area contributed by atoms with E-state index in [1.165, 1.54) is 0 Å².